The molecule has 0 spiro atoms. The fourth-order valence-electron chi connectivity index (χ4n) is 3.01. The van der Waals surface area contributed by atoms with Gasteiger partial charge in [-0.05, 0) is 0 Å². The number of carbonyl (C=O) groups excluding carboxylic acids is 1. The van der Waals surface area contributed by atoms with Crippen molar-refractivity contribution in [2.75, 3.05) is 0 Å². The number of nitrogens with one attached hydrogen (secondary N) is 1. The Hall–Kier alpha value is -1.12. The van der Waals surface area contributed by atoms with Crippen molar-refractivity contribution in [1.82, 2.24) is 4.98 Å². The number of H-pyrrole nitrogens is 1. The van der Waals surface area contributed by atoms with Crippen molar-refractivity contribution in [3.05, 3.63) is 59.9 Å². The molecule has 0 bridgehead atoms. The van der Waals surface area contributed by atoms with E-state index in [4.69, 9.17) is 0 Å². The van der Waals surface area contributed by atoms with Gasteiger partial charge in [0.2, 0.25) is 0 Å². The van der Waals surface area contributed by atoms with Gasteiger partial charge in [0.1, 0.15) is 0 Å². The quantitative estimate of drug-likeness (QED) is 0.688. The Morgan fingerprint density at radius 2 is 1.86 bits per heavy atom. The van der Waals surface area contributed by atoms with Crippen LogP contribution in [0.2, 0.25) is 4.87 Å². The molecule has 3 rings (SSSR count). The number of ketones is 1. The Bertz CT molecular complexity index is 867. The molecule has 0 amide bonds. The van der Waals surface area contributed by atoms with E-state index in [-0.39, 0.29) is 11.3 Å². The van der Waals surface area contributed by atoms with Gasteiger partial charge in [-0.25, -0.2) is 0 Å². The van der Waals surface area contributed by atoms with Gasteiger partial charge in [-0.2, -0.15) is 0 Å². The summed E-state index contributed by atoms with van der Waals surface area (Å²) in [7, 11) is 0. The van der Waals surface area contributed by atoms with E-state index in [0.29, 0.717) is 0 Å². The number of hydrogen-bond acceptors (Lipinski definition) is 2. The summed E-state index contributed by atoms with van der Waals surface area (Å²) < 4.78 is 3.65. The van der Waals surface area contributed by atoms with Gasteiger partial charge >= 0.3 is 142 Å². The molecule has 0 saturated heterocycles. The number of aryl methyl sites for hydroxylation is 1. The molecule has 1 atom stereocenters. The Morgan fingerprint density at radius 1 is 1.23 bits per heavy atom. The molecule has 0 fully saturated rings. The van der Waals surface area contributed by atoms with E-state index >= 15 is 0 Å². The third-order valence-electron chi connectivity index (χ3n) is 4.18. The van der Waals surface area contributed by atoms with Gasteiger partial charge in [-0.15, -0.1) is 0 Å². The first-order valence-corrected chi connectivity index (χ1v) is 14.1. The van der Waals surface area contributed by atoms with Crippen molar-refractivity contribution < 1.29 is 4.79 Å². The van der Waals surface area contributed by atoms with E-state index in [2.05, 4.69) is 50.0 Å². The average Bonchev–Trinajstić information content (AvgIpc) is 2.80. The van der Waals surface area contributed by atoms with E-state index in [1.165, 1.54) is 5.56 Å². The Kier molecular flexibility index (Phi) is 3.94. The predicted molar refractivity (Wildman–Crippen MR) is 95.5 cm³/mol. The van der Waals surface area contributed by atoms with Crippen LogP contribution < -0.4 is 12.6 Å². The fraction of sp³-hybridized carbons (Fsp3) is 0.176. The number of fused-ring (bicyclic) bond motifs is 1. The summed E-state index contributed by atoms with van der Waals surface area (Å²) in [5, 5.41) is 0. The van der Waals surface area contributed by atoms with Crippen LogP contribution in [0.15, 0.2) is 43.2 Å². The Morgan fingerprint density at radius 3 is 2.45 bits per heavy atom. The van der Waals surface area contributed by atoms with Crippen molar-refractivity contribution in [2.45, 2.75) is 18.7 Å². The molecule has 5 heteroatoms. The molecule has 0 saturated carbocycles. The number of pyridine rings is 1. The van der Waals surface area contributed by atoms with E-state index in [1.807, 2.05) is 13.0 Å². The normalized spacial score (nSPS) is 19.7. The SMILES string of the molecule is CC(=O)[C]1=Cc2c(Br)c[nH]c(=O)[c]2[Sb]1([CH3])[c]1ccc(C)cc1. The second kappa shape index (κ2) is 5.50. The summed E-state index contributed by atoms with van der Waals surface area (Å²) in [6.07, 6.45) is 3.57. The number of carbonyl (C=O) groups is 1. The van der Waals surface area contributed by atoms with Crippen LogP contribution in [0.3, 0.4) is 0 Å². The van der Waals surface area contributed by atoms with Crippen LogP contribution in [0.5, 0.6) is 0 Å². The second-order valence-corrected chi connectivity index (χ2v) is 16.4. The Labute approximate surface area is 141 Å². The number of allylic oxidation sites excluding steroid dienone is 1. The summed E-state index contributed by atoms with van der Waals surface area (Å²) >= 11 is 0.168. The standard InChI is InChI=1S/C9H6BrNO2.C7H7.CH3.Sb/c1-6(12)2-3-7-4-9(13)11-5-8(7)10;1-7-5-3-2-4-6-7;;/h3,5H,1H3,(H,11,13);3-6H,1H3;1H3;. The maximum absolute atomic E-state index is 12.5. The maximum atomic E-state index is 12.5. The van der Waals surface area contributed by atoms with E-state index in [0.717, 1.165) is 20.6 Å². The summed E-state index contributed by atoms with van der Waals surface area (Å²) in [5.41, 5.74) is 1.98. The van der Waals surface area contributed by atoms with Crippen LogP contribution in [-0.2, 0) is 4.79 Å². The van der Waals surface area contributed by atoms with Gasteiger partial charge in [0.15, 0.2) is 0 Å². The van der Waals surface area contributed by atoms with Crippen LogP contribution in [0.25, 0.3) is 6.08 Å². The molecule has 1 aromatic carbocycles. The molecule has 1 N–H and O–H groups in total. The van der Waals surface area contributed by atoms with Crippen LogP contribution in [0, 0.1) is 6.92 Å². The third-order valence-corrected chi connectivity index (χ3v) is 16.5. The Balaban J connectivity index is 2.37. The molecule has 1 aliphatic heterocycles. The molecule has 1 aromatic heterocycles. The van der Waals surface area contributed by atoms with Crippen LogP contribution >= 0.6 is 15.9 Å². The van der Waals surface area contributed by atoms with Gasteiger partial charge in [0, 0.05) is 0 Å². The van der Waals surface area contributed by atoms with Crippen molar-refractivity contribution in [3.63, 3.8) is 0 Å². The van der Waals surface area contributed by atoms with E-state index in [1.54, 1.807) is 13.1 Å². The molecule has 2 aromatic rings. The average molecular weight is 468 g/mol. The van der Waals surface area contributed by atoms with Gasteiger partial charge < -0.3 is 0 Å². The second-order valence-electron chi connectivity index (χ2n) is 5.66. The molecule has 0 aliphatic carbocycles. The van der Waals surface area contributed by atoms with Gasteiger partial charge in [-0.1, -0.05) is 0 Å². The molecule has 1 aliphatic rings. The molecule has 1 unspecified atom stereocenters. The van der Waals surface area contributed by atoms with Crippen molar-refractivity contribution in [1.29, 1.82) is 0 Å². The van der Waals surface area contributed by atoms with Gasteiger partial charge in [0.05, 0.1) is 0 Å². The molecule has 3 nitrogen and oxygen atoms in total. The monoisotopic (exact) mass is 466 g/mol. The zero-order chi connectivity index (χ0) is 16.1. The summed E-state index contributed by atoms with van der Waals surface area (Å²) in [6, 6.07) is 8.26. The number of benzene rings is 1. The topological polar surface area (TPSA) is 49.9 Å². The molecule has 22 heavy (non-hydrogen) atoms. The minimum absolute atomic E-state index is 0.0663. The summed E-state index contributed by atoms with van der Waals surface area (Å²) in [5.74, 6) is 0.0663. The number of rotatable bonds is 2. The van der Waals surface area contributed by atoms with Crippen LogP contribution in [-0.4, -0.2) is 29.6 Å². The zero-order valence-electron chi connectivity index (χ0n) is 12.6. The van der Waals surface area contributed by atoms with Gasteiger partial charge in [-0.3, -0.25) is 0 Å². The minimum atomic E-state index is -3.33. The molecule has 113 valence electrons. The summed E-state index contributed by atoms with van der Waals surface area (Å²) in [6.45, 7) is 3.63. The molecular formula is C17H16BrNO2Sb. The molecule has 1 radical (unpaired) electrons. The zero-order valence-corrected chi connectivity index (χ0v) is 16.7. The summed E-state index contributed by atoms with van der Waals surface area (Å²) in [4.78, 5) is 29.7. The number of aromatic nitrogens is 1. The van der Waals surface area contributed by atoms with E-state index < -0.39 is 18.8 Å². The van der Waals surface area contributed by atoms with E-state index in [9.17, 15) is 9.59 Å². The van der Waals surface area contributed by atoms with Crippen molar-refractivity contribution in [2.24, 2.45) is 0 Å². The number of aromatic amines is 1. The first-order chi connectivity index (χ1) is 10.4. The number of halogens is 1. The predicted octanol–water partition coefficient (Wildman–Crippen LogP) is 2.16. The molecular weight excluding hydrogens is 452 g/mol. The first-order valence-electron chi connectivity index (χ1n) is 6.94. The van der Waals surface area contributed by atoms with Gasteiger partial charge in [0.25, 0.3) is 0 Å². The molecule has 2 heterocycles. The number of hydrogen-bond donors (Lipinski definition) is 1. The fourth-order valence-corrected chi connectivity index (χ4v) is 14.4. The van der Waals surface area contributed by atoms with Crippen LogP contribution in [0.4, 0.5) is 0 Å². The number of Topliss-reactive ketones (excluding diaryl/α,β-unsaturated/α-hetero) is 1. The van der Waals surface area contributed by atoms with Crippen molar-refractivity contribution >= 4 is 53.6 Å². The third kappa shape index (κ3) is 2.24. The van der Waals surface area contributed by atoms with Crippen LogP contribution in [0.1, 0.15) is 18.1 Å². The first kappa shape index (κ1) is 15.8. The van der Waals surface area contributed by atoms with Crippen molar-refractivity contribution in [3.8, 4) is 0 Å².